The van der Waals surface area contributed by atoms with E-state index in [1.54, 1.807) is 11.3 Å². The van der Waals surface area contributed by atoms with Gasteiger partial charge in [-0.2, -0.15) is 0 Å². The first kappa shape index (κ1) is 15.2. The number of nitrogens with one attached hydrogen (secondary N) is 1. The van der Waals surface area contributed by atoms with Gasteiger partial charge < -0.3 is 5.32 Å². The summed E-state index contributed by atoms with van der Waals surface area (Å²) in [6.07, 6.45) is 3.06. The number of thiophene rings is 1. The number of carbonyl (C=O) groups excluding carboxylic acids is 1. The number of rotatable bonds is 3. The average molecular weight is 348 g/mol. The summed E-state index contributed by atoms with van der Waals surface area (Å²) in [5.74, 6) is 0.496. The van der Waals surface area contributed by atoms with E-state index in [0.717, 1.165) is 59.6 Å². The molecule has 0 saturated heterocycles. The van der Waals surface area contributed by atoms with Crippen molar-refractivity contribution in [2.24, 2.45) is 5.92 Å². The SMILES string of the molecule is Cc1nc2sc3c(c2c(-c2ccccc2)c1C(=O)C1CC1)CCNC3. The first-order valence-electron chi connectivity index (χ1n) is 8.99. The molecule has 1 fully saturated rings. The number of hydrogen-bond acceptors (Lipinski definition) is 4. The van der Waals surface area contributed by atoms with Crippen LogP contribution in [0.2, 0.25) is 0 Å². The molecule has 1 saturated carbocycles. The quantitative estimate of drug-likeness (QED) is 0.708. The van der Waals surface area contributed by atoms with Crippen molar-refractivity contribution < 1.29 is 4.79 Å². The van der Waals surface area contributed by atoms with Crippen LogP contribution in [-0.4, -0.2) is 17.3 Å². The maximum atomic E-state index is 13.1. The Morgan fingerprint density at radius 3 is 2.80 bits per heavy atom. The Labute approximate surface area is 151 Å². The summed E-state index contributed by atoms with van der Waals surface area (Å²) in [5, 5.41) is 4.68. The second kappa shape index (κ2) is 5.75. The van der Waals surface area contributed by atoms with Gasteiger partial charge in [0.2, 0.25) is 0 Å². The topological polar surface area (TPSA) is 42.0 Å². The molecule has 2 aromatic heterocycles. The third-order valence-corrected chi connectivity index (χ3v) is 6.42. The highest BCUT2D eigenvalue weighted by Crippen LogP contribution is 2.44. The molecule has 3 aromatic rings. The van der Waals surface area contributed by atoms with Crippen molar-refractivity contribution in [3.05, 3.63) is 52.0 Å². The van der Waals surface area contributed by atoms with E-state index in [9.17, 15) is 4.79 Å². The molecule has 1 aromatic carbocycles. The van der Waals surface area contributed by atoms with E-state index in [1.807, 2.05) is 13.0 Å². The minimum atomic E-state index is 0.205. The smallest absolute Gasteiger partial charge is 0.168 e. The number of pyridine rings is 1. The predicted octanol–water partition coefficient (Wildman–Crippen LogP) is 4.51. The molecule has 1 aliphatic carbocycles. The van der Waals surface area contributed by atoms with Gasteiger partial charge in [-0.3, -0.25) is 4.79 Å². The lowest BCUT2D eigenvalue weighted by molar-refractivity contribution is 0.0967. The van der Waals surface area contributed by atoms with Crippen molar-refractivity contribution in [3.8, 4) is 11.1 Å². The molecule has 25 heavy (non-hydrogen) atoms. The Morgan fingerprint density at radius 2 is 2.04 bits per heavy atom. The van der Waals surface area contributed by atoms with E-state index in [1.165, 1.54) is 15.8 Å². The molecular weight excluding hydrogens is 328 g/mol. The number of nitrogens with zero attached hydrogens (tertiary/aromatic N) is 1. The normalized spacial score (nSPS) is 16.8. The number of ketones is 1. The first-order chi connectivity index (χ1) is 12.2. The lowest BCUT2D eigenvalue weighted by Gasteiger charge is -2.17. The third kappa shape index (κ3) is 2.43. The second-order valence-corrected chi connectivity index (χ2v) is 8.15. The van der Waals surface area contributed by atoms with E-state index in [0.29, 0.717) is 5.78 Å². The highest BCUT2D eigenvalue weighted by atomic mass is 32.1. The molecule has 0 radical (unpaired) electrons. The number of hydrogen-bond donors (Lipinski definition) is 1. The Kier molecular flexibility index (Phi) is 3.50. The Bertz CT molecular complexity index is 986. The lowest BCUT2D eigenvalue weighted by Crippen LogP contribution is -2.22. The number of aryl methyl sites for hydroxylation is 1. The van der Waals surface area contributed by atoms with Crippen LogP contribution in [0.4, 0.5) is 0 Å². The van der Waals surface area contributed by atoms with Gasteiger partial charge in [-0.05, 0) is 43.9 Å². The molecule has 0 spiro atoms. The van der Waals surface area contributed by atoms with Crippen LogP contribution in [0.1, 0.15) is 39.3 Å². The third-order valence-electron chi connectivity index (χ3n) is 5.30. The van der Waals surface area contributed by atoms with Gasteiger partial charge in [-0.1, -0.05) is 30.3 Å². The van der Waals surface area contributed by atoms with E-state index in [-0.39, 0.29) is 5.92 Å². The fourth-order valence-corrected chi connectivity index (χ4v) is 5.16. The Morgan fingerprint density at radius 1 is 1.24 bits per heavy atom. The standard InChI is InChI=1S/C21H20N2OS/c1-12-17(20(24)14-7-8-14)18(13-5-3-2-4-6-13)19-15-9-10-22-11-16(15)25-21(19)23-12/h2-6,14,22H,7-11H2,1H3. The van der Waals surface area contributed by atoms with Crippen LogP contribution < -0.4 is 5.32 Å². The molecule has 1 aliphatic heterocycles. The second-order valence-electron chi connectivity index (χ2n) is 7.06. The molecule has 1 N–H and O–H groups in total. The molecule has 3 nitrogen and oxygen atoms in total. The zero-order valence-corrected chi connectivity index (χ0v) is 15.1. The van der Waals surface area contributed by atoms with Crippen LogP contribution >= 0.6 is 11.3 Å². The summed E-state index contributed by atoms with van der Waals surface area (Å²) in [4.78, 5) is 20.4. The van der Waals surface area contributed by atoms with Gasteiger partial charge in [-0.15, -0.1) is 11.3 Å². The Hall–Kier alpha value is -2.04. The molecule has 0 unspecified atom stereocenters. The average Bonchev–Trinajstić information content (AvgIpc) is 3.42. The van der Waals surface area contributed by atoms with Gasteiger partial charge >= 0.3 is 0 Å². The largest absolute Gasteiger partial charge is 0.312 e. The van der Waals surface area contributed by atoms with Crippen molar-refractivity contribution in [1.29, 1.82) is 0 Å². The summed E-state index contributed by atoms with van der Waals surface area (Å²) < 4.78 is 0. The summed E-state index contributed by atoms with van der Waals surface area (Å²) in [7, 11) is 0. The Balaban J connectivity index is 1.88. The molecule has 0 bridgehead atoms. The van der Waals surface area contributed by atoms with Crippen LogP contribution in [0.3, 0.4) is 0 Å². The van der Waals surface area contributed by atoms with Crippen LogP contribution in [-0.2, 0) is 13.0 Å². The van der Waals surface area contributed by atoms with Crippen LogP contribution in [0, 0.1) is 12.8 Å². The number of benzene rings is 1. The van der Waals surface area contributed by atoms with Crippen molar-refractivity contribution in [1.82, 2.24) is 10.3 Å². The van der Waals surface area contributed by atoms with Crippen molar-refractivity contribution >= 4 is 27.3 Å². The molecule has 2 aliphatic rings. The van der Waals surface area contributed by atoms with Crippen LogP contribution in [0.15, 0.2) is 30.3 Å². The summed E-state index contributed by atoms with van der Waals surface area (Å²) in [6, 6.07) is 10.4. The highest BCUT2D eigenvalue weighted by Gasteiger charge is 2.35. The van der Waals surface area contributed by atoms with Crippen molar-refractivity contribution in [2.75, 3.05) is 6.54 Å². The van der Waals surface area contributed by atoms with Gasteiger partial charge in [0.15, 0.2) is 5.78 Å². The monoisotopic (exact) mass is 348 g/mol. The van der Waals surface area contributed by atoms with Crippen molar-refractivity contribution in [3.63, 3.8) is 0 Å². The minimum absolute atomic E-state index is 0.205. The fraction of sp³-hybridized carbons (Fsp3) is 0.333. The van der Waals surface area contributed by atoms with Crippen molar-refractivity contribution in [2.45, 2.75) is 32.7 Å². The molecule has 4 heteroatoms. The van der Waals surface area contributed by atoms with Gasteiger partial charge in [0.25, 0.3) is 0 Å². The van der Waals surface area contributed by atoms with Gasteiger partial charge in [-0.25, -0.2) is 4.98 Å². The maximum absolute atomic E-state index is 13.1. The number of aromatic nitrogens is 1. The lowest BCUT2D eigenvalue weighted by atomic mass is 9.89. The predicted molar refractivity (Wildman–Crippen MR) is 102 cm³/mol. The number of Topliss-reactive ketones (excluding diaryl/α,β-unsaturated/α-hetero) is 1. The molecule has 3 heterocycles. The molecule has 0 atom stereocenters. The number of carbonyl (C=O) groups is 1. The fourth-order valence-electron chi connectivity index (χ4n) is 3.92. The number of fused-ring (bicyclic) bond motifs is 3. The van der Waals surface area contributed by atoms with E-state index >= 15 is 0 Å². The summed E-state index contributed by atoms with van der Waals surface area (Å²) in [5.41, 5.74) is 5.41. The summed E-state index contributed by atoms with van der Waals surface area (Å²) >= 11 is 1.78. The molecule has 0 amide bonds. The van der Waals surface area contributed by atoms with Gasteiger partial charge in [0.05, 0.1) is 5.69 Å². The molecule has 5 rings (SSSR count). The van der Waals surface area contributed by atoms with E-state index in [2.05, 4.69) is 29.6 Å². The van der Waals surface area contributed by atoms with E-state index < -0.39 is 0 Å². The van der Waals surface area contributed by atoms with E-state index in [4.69, 9.17) is 4.98 Å². The first-order valence-corrected chi connectivity index (χ1v) is 9.81. The van der Waals surface area contributed by atoms with Gasteiger partial charge in [0.1, 0.15) is 4.83 Å². The molecular formula is C21H20N2OS. The summed E-state index contributed by atoms with van der Waals surface area (Å²) in [6.45, 7) is 3.90. The van der Waals surface area contributed by atoms with Crippen LogP contribution in [0.5, 0.6) is 0 Å². The highest BCUT2D eigenvalue weighted by molar-refractivity contribution is 7.19. The van der Waals surface area contributed by atoms with Gasteiger partial charge in [0, 0.05) is 33.9 Å². The van der Waals surface area contributed by atoms with Crippen LogP contribution in [0.25, 0.3) is 21.3 Å². The zero-order valence-electron chi connectivity index (χ0n) is 14.3. The minimum Gasteiger partial charge on any atom is -0.312 e. The maximum Gasteiger partial charge on any atom is 0.168 e. The zero-order chi connectivity index (χ0) is 17.0. The molecule has 126 valence electrons.